The van der Waals surface area contributed by atoms with Gasteiger partial charge < -0.3 is 12.4 Å². The van der Waals surface area contributed by atoms with Crippen molar-refractivity contribution in [1.29, 1.82) is 0 Å². The topological polar surface area (TPSA) is 17.6 Å². The number of aromatic nitrogens is 4. The van der Waals surface area contributed by atoms with E-state index in [0.717, 1.165) is 13.1 Å². The van der Waals surface area contributed by atoms with Crippen molar-refractivity contribution in [2.45, 2.75) is 74.9 Å². The molecule has 0 bridgehead atoms. The van der Waals surface area contributed by atoms with Crippen LogP contribution < -0.4 is 21.5 Å². The van der Waals surface area contributed by atoms with Crippen LogP contribution >= 0.6 is 12.4 Å². The number of unbranched alkanes of at least 4 members (excludes halogenated alkanes) is 2. The molecular formula is C19H43Cl2N4+. The number of halogens is 2. The SMILES string of the molecule is C.C.C.CCCCn1cc[n+](C)c1.CCCCn1cc[n+](C)c1.Cl.[Cl-]. The largest absolute Gasteiger partial charge is 1.00 e. The fraction of sp³-hybridized carbons (Fsp3) is 0.684. The van der Waals surface area contributed by atoms with E-state index in [2.05, 4.69) is 69.6 Å². The zero-order chi connectivity index (χ0) is 14.8. The predicted molar refractivity (Wildman–Crippen MR) is 108 cm³/mol. The molecule has 0 aliphatic carbocycles. The molecule has 2 heterocycles. The summed E-state index contributed by atoms with van der Waals surface area (Å²) in [5.41, 5.74) is 0. The van der Waals surface area contributed by atoms with Crippen LogP contribution in [0.1, 0.15) is 61.8 Å². The second-order valence-corrected chi connectivity index (χ2v) is 5.34. The van der Waals surface area contributed by atoms with Gasteiger partial charge in [0, 0.05) is 0 Å². The van der Waals surface area contributed by atoms with E-state index in [1.165, 1.54) is 25.7 Å². The lowest BCUT2D eigenvalue weighted by atomic mass is 10.3. The Morgan fingerprint density at radius 2 is 1.04 bits per heavy atom. The van der Waals surface area contributed by atoms with Gasteiger partial charge in [-0.15, -0.1) is 12.4 Å². The number of nitrogens with zero attached hydrogens (tertiary/aromatic N) is 4. The van der Waals surface area contributed by atoms with Crippen molar-refractivity contribution in [2.75, 3.05) is 0 Å². The van der Waals surface area contributed by atoms with Crippen LogP contribution in [-0.2, 0) is 27.2 Å². The minimum absolute atomic E-state index is 0. The lowest BCUT2D eigenvalue weighted by molar-refractivity contribution is -0.671. The third-order valence-electron chi connectivity index (χ3n) is 3.19. The molecule has 0 N–H and O–H groups in total. The van der Waals surface area contributed by atoms with E-state index >= 15 is 0 Å². The molecule has 0 aliphatic rings. The van der Waals surface area contributed by atoms with Gasteiger partial charge in [-0.3, -0.25) is 0 Å². The van der Waals surface area contributed by atoms with Gasteiger partial charge in [0.15, 0.2) is 0 Å². The third kappa shape index (κ3) is 16.2. The first kappa shape index (κ1) is 35.2. The molecular weight excluding hydrogens is 355 g/mol. The maximum absolute atomic E-state index is 2.21. The van der Waals surface area contributed by atoms with Gasteiger partial charge >= 0.3 is 0 Å². The van der Waals surface area contributed by atoms with Crippen molar-refractivity contribution >= 4 is 12.4 Å². The Morgan fingerprint density at radius 3 is 1.24 bits per heavy atom. The highest BCUT2D eigenvalue weighted by atomic mass is 35.5. The normalized spacial score (nSPS) is 8.16. The monoisotopic (exact) mass is 397 g/mol. The van der Waals surface area contributed by atoms with E-state index in [0.29, 0.717) is 0 Å². The summed E-state index contributed by atoms with van der Waals surface area (Å²) < 4.78 is 8.55. The predicted octanol–water partition coefficient (Wildman–Crippen LogP) is 1.56. The van der Waals surface area contributed by atoms with Gasteiger partial charge in [0.1, 0.15) is 24.8 Å². The maximum atomic E-state index is 2.21. The minimum atomic E-state index is 0. The molecule has 0 saturated heterocycles. The summed E-state index contributed by atoms with van der Waals surface area (Å²) in [6.45, 7) is 6.72. The van der Waals surface area contributed by atoms with Gasteiger partial charge in [-0.1, -0.05) is 49.0 Å². The van der Waals surface area contributed by atoms with Gasteiger partial charge in [-0.2, -0.15) is 0 Å². The molecule has 2 rings (SSSR count). The van der Waals surface area contributed by atoms with Crippen molar-refractivity contribution in [1.82, 2.24) is 9.13 Å². The molecule has 25 heavy (non-hydrogen) atoms. The Bertz CT molecular complexity index is 437. The molecule has 2 aromatic heterocycles. The van der Waals surface area contributed by atoms with E-state index in [1.54, 1.807) is 0 Å². The Labute approximate surface area is 169 Å². The lowest BCUT2D eigenvalue weighted by Gasteiger charge is -1.90. The van der Waals surface area contributed by atoms with Crippen molar-refractivity contribution in [3.8, 4) is 0 Å². The average Bonchev–Trinajstić information content (AvgIpc) is 3.03. The summed E-state index contributed by atoms with van der Waals surface area (Å²) in [6.07, 6.45) is 17.6. The van der Waals surface area contributed by atoms with Gasteiger partial charge in [0.05, 0.1) is 27.2 Å². The van der Waals surface area contributed by atoms with Crippen molar-refractivity contribution in [3.63, 3.8) is 0 Å². The molecule has 0 amide bonds. The number of rotatable bonds is 6. The van der Waals surface area contributed by atoms with Gasteiger partial charge in [-0.25, -0.2) is 18.3 Å². The quantitative estimate of drug-likeness (QED) is 0.658. The Hall–Kier alpha value is -1.00. The molecule has 0 radical (unpaired) electrons. The molecule has 0 fully saturated rings. The summed E-state index contributed by atoms with van der Waals surface area (Å²) in [6, 6.07) is 0. The standard InChI is InChI=1S/2C8H15N2.3CH4.2ClH/c2*1-3-4-5-10-7-6-9(2)8-10;;;;;/h2*6-8H,3-5H2,1-2H3;3*1H4;2*1H/q2*+1;;;;;/p-1. The number of hydrogen-bond acceptors (Lipinski definition) is 0. The Kier molecular flexibility index (Phi) is 29.6. The summed E-state index contributed by atoms with van der Waals surface area (Å²) in [5.74, 6) is 0. The third-order valence-corrected chi connectivity index (χ3v) is 3.19. The van der Waals surface area contributed by atoms with Crippen LogP contribution in [0.15, 0.2) is 37.4 Å². The summed E-state index contributed by atoms with van der Waals surface area (Å²) in [4.78, 5) is 0. The van der Waals surface area contributed by atoms with E-state index < -0.39 is 0 Å². The molecule has 0 aliphatic heterocycles. The van der Waals surface area contributed by atoms with Crippen LogP contribution in [0.5, 0.6) is 0 Å². The highest BCUT2D eigenvalue weighted by Gasteiger charge is 1.97. The van der Waals surface area contributed by atoms with E-state index in [4.69, 9.17) is 0 Å². The van der Waals surface area contributed by atoms with E-state index in [9.17, 15) is 0 Å². The fourth-order valence-electron chi connectivity index (χ4n) is 1.95. The van der Waals surface area contributed by atoms with Gasteiger partial charge in [0.2, 0.25) is 12.7 Å². The minimum Gasteiger partial charge on any atom is -1.00 e. The Balaban J connectivity index is -0.0000000889. The molecule has 152 valence electrons. The van der Waals surface area contributed by atoms with E-state index in [1.807, 2.05) is 14.1 Å². The molecule has 0 saturated carbocycles. The van der Waals surface area contributed by atoms with E-state index in [-0.39, 0.29) is 47.1 Å². The van der Waals surface area contributed by atoms with Crippen molar-refractivity contribution < 1.29 is 21.5 Å². The van der Waals surface area contributed by atoms with Gasteiger partial charge in [-0.05, 0) is 12.8 Å². The zero-order valence-corrected chi connectivity index (χ0v) is 15.9. The number of imidazole rings is 2. The van der Waals surface area contributed by atoms with Crippen LogP contribution in [0.25, 0.3) is 0 Å². The van der Waals surface area contributed by atoms with Crippen molar-refractivity contribution in [3.05, 3.63) is 37.4 Å². The maximum Gasteiger partial charge on any atom is 0.243 e. The molecule has 0 unspecified atom stereocenters. The van der Waals surface area contributed by atoms with Crippen LogP contribution in [0.2, 0.25) is 0 Å². The molecule has 0 aromatic carbocycles. The lowest BCUT2D eigenvalue weighted by Crippen LogP contribution is -3.00. The fourth-order valence-corrected chi connectivity index (χ4v) is 1.95. The first-order valence-corrected chi connectivity index (χ1v) is 7.67. The van der Waals surface area contributed by atoms with Gasteiger partial charge in [0.25, 0.3) is 0 Å². The first-order chi connectivity index (χ1) is 9.65. The van der Waals surface area contributed by atoms with Crippen LogP contribution in [0.3, 0.4) is 0 Å². The molecule has 0 spiro atoms. The van der Waals surface area contributed by atoms with Crippen LogP contribution in [-0.4, -0.2) is 9.13 Å². The summed E-state index contributed by atoms with van der Waals surface area (Å²) >= 11 is 0. The average molecular weight is 398 g/mol. The number of hydrogen-bond donors (Lipinski definition) is 0. The second kappa shape index (κ2) is 21.0. The molecule has 6 heteroatoms. The highest BCUT2D eigenvalue weighted by molar-refractivity contribution is 5.85. The highest BCUT2D eigenvalue weighted by Crippen LogP contribution is 1.92. The first-order valence-electron chi connectivity index (χ1n) is 7.67. The summed E-state index contributed by atoms with van der Waals surface area (Å²) in [5, 5.41) is 0. The molecule has 2 aromatic rings. The molecule has 0 atom stereocenters. The second-order valence-electron chi connectivity index (χ2n) is 5.34. The smallest absolute Gasteiger partial charge is 0.243 e. The summed E-state index contributed by atoms with van der Waals surface area (Å²) in [7, 11) is 4.09. The van der Waals surface area contributed by atoms with Crippen LogP contribution in [0.4, 0.5) is 0 Å². The van der Waals surface area contributed by atoms with Crippen LogP contribution in [0, 0.1) is 0 Å². The molecule has 4 nitrogen and oxygen atoms in total. The Morgan fingerprint density at radius 1 is 0.720 bits per heavy atom. The van der Waals surface area contributed by atoms with Crippen molar-refractivity contribution in [2.24, 2.45) is 14.1 Å². The zero-order valence-electron chi connectivity index (χ0n) is 14.3. The number of aryl methyl sites for hydroxylation is 4.